The molecule has 7 nitrogen and oxygen atoms in total. The number of hydrogen-bond donors (Lipinski definition) is 4. The first kappa shape index (κ1) is 21.3. The molecule has 2 amide bonds. The van der Waals surface area contributed by atoms with Crippen molar-refractivity contribution in [3.8, 4) is 0 Å². The molecule has 0 spiro atoms. The first-order valence-corrected chi connectivity index (χ1v) is 9.35. The van der Waals surface area contributed by atoms with Gasteiger partial charge in [-0.05, 0) is 18.9 Å². The Kier molecular flexibility index (Phi) is 7.77. The summed E-state index contributed by atoms with van der Waals surface area (Å²) in [6.45, 7) is 4.84. The molecule has 1 aliphatic rings. The van der Waals surface area contributed by atoms with E-state index in [2.05, 4.69) is 10.6 Å². The topological polar surface area (TPSA) is 108 Å². The van der Waals surface area contributed by atoms with Gasteiger partial charge in [0, 0.05) is 24.8 Å². The van der Waals surface area contributed by atoms with E-state index in [0.717, 1.165) is 5.56 Å². The monoisotopic (exact) mass is 378 g/mol. The van der Waals surface area contributed by atoms with Crippen molar-refractivity contribution in [1.82, 2.24) is 10.6 Å². The number of aliphatic hydroxyl groups is 2. The van der Waals surface area contributed by atoms with Gasteiger partial charge >= 0.3 is 0 Å². The third-order valence-corrected chi connectivity index (χ3v) is 5.06. The van der Waals surface area contributed by atoms with Crippen molar-refractivity contribution in [2.45, 2.75) is 51.5 Å². The first-order chi connectivity index (χ1) is 12.8. The van der Waals surface area contributed by atoms with Gasteiger partial charge in [-0.3, -0.25) is 9.59 Å². The van der Waals surface area contributed by atoms with Gasteiger partial charge in [-0.25, -0.2) is 0 Å². The molecule has 1 saturated heterocycles. The zero-order valence-corrected chi connectivity index (χ0v) is 16.1. The smallest absolute Gasteiger partial charge is 0.223 e. The summed E-state index contributed by atoms with van der Waals surface area (Å²) in [5, 5.41) is 25.7. The SMILES string of the molecule is CC(=O)NC1COC(CO)C(O)C1C(C)C(=O)NC(C)Cc1ccccc1. The largest absolute Gasteiger partial charge is 0.394 e. The summed E-state index contributed by atoms with van der Waals surface area (Å²) in [6, 6.07) is 9.30. The normalized spacial score (nSPS) is 27.4. The predicted octanol–water partition coefficient (Wildman–Crippen LogP) is 0.243. The van der Waals surface area contributed by atoms with Crippen LogP contribution in [-0.2, 0) is 20.7 Å². The number of ether oxygens (including phenoxy) is 1. The third kappa shape index (κ3) is 5.76. The molecule has 0 bridgehead atoms. The van der Waals surface area contributed by atoms with Crippen molar-refractivity contribution in [3.05, 3.63) is 35.9 Å². The van der Waals surface area contributed by atoms with Gasteiger partial charge in [-0.1, -0.05) is 37.3 Å². The van der Waals surface area contributed by atoms with Crippen LogP contribution in [0.4, 0.5) is 0 Å². The van der Waals surface area contributed by atoms with Crippen LogP contribution in [0.15, 0.2) is 30.3 Å². The Morgan fingerprint density at radius 1 is 1.26 bits per heavy atom. The minimum atomic E-state index is -1.05. The van der Waals surface area contributed by atoms with Crippen molar-refractivity contribution < 1.29 is 24.5 Å². The number of nitrogens with one attached hydrogen (secondary N) is 2. The Bertz CT molecular complexity index is 624. The predicted molar refractivity (Wildman–Crippen MR) is 101 cm³/mol. The molecule has 7 heteroatoms. The molecule has 6 atom stereocenters. The highest BCUT2D eigenvalue weighted by Gasteiger charge is 2.44. The Morgan fingerprint density at radius 3 is 2.52 bits per heavy atom. The zero-order chi connectivity index (χ0) is 20.0. The number of aliphatic hydroxyl groups excluding tert-OH is 2. The van der Waals surface area contributed by atoms with Crippen LogP contribution >= 0.6 is 0 Å². The van der Waals surface area contributed by atoms with E-state index in [1.807, 2.05) is 37.3 Å². The van der Waals surface area contributed by atoms with Crippen molar-refractivity contribution in [3.63, 3.8) is 0 Å². The molecule has 150 valence electrons. The average molecular weight is 378 g/mol. The third-order valence-electron chi connectivity index (χ3n) is 5.06. The average Bonchev–Trinajstić information content (AvgIpc) is 2.62. The molecule has 1 aromatic carbocycles. The molecule has 27 heavy (non-hydrogen) atoms. The molecule has 1 fully saturated rings. The molecule has 0 radical (unpaired) electrons. The summed E-state index contributed by atoms with van der Waals surface area (Å²) in [7, 11) is 0. The van der Waals surface area contributed by atoms with Crippen LogP contribution in [0.3, 0.4) is 0 Å². The van der Waals surface area contributed by atoms with E-state index >= 15 is 0 Å². The maximum Gasteiger partial charge on any atom is 0.223 e. The van der Waals surface area contributed by atoms with Crippen LogP contribution in [0.25, 0.3) is 0 Å². The molecule has 1 aromatic rings. The van der Waals surface area contributed by atoms with E-state index in [0.29, 0.717) is 6.42 Å². The number of benzene rings is 1. The number of rotatable bonds is 7. The minimum absolute atomic E-state index is 0.0767. The van der Waals surface area contributed by atoms with Crippen LogP contribution < -0.4 is 10.6 Å². The van der Waals surface area contributed by atoms with Crippen LogP contribution in [0.1, 0.15) is 26.3 Å². The molecule has 4 N–H and O–H groups in total. The lowest BCUT2D eigenvalue weighted by atomic mass is 9.78. The van der Waals surface area contributed by atoms with E-state index in [-0.39, 0.29) is 31.1 Å². The molecule has 2 rings (SSSR count). The standard InChI is InChI=1S/C20H30N2O5/c1-12(9-15-7-5-4-6-8-15)21-20(26)13(2)18-16(22-14(3)24)11-27-17(10-23)19(18)25/h4-8,12-13,16-19,23,25H,9-11H2,1-3H3,(H,21,26)(H,22,24). The van der Waals surface area contributed by atoms with Gasteiger partial charge in [0.05, 0.1) is 25.4 Å². The highest BCUT2D eigenvalue weighted by Crippen LogP contribution is 2.28. The Hall–Kier alpha value is -1.96. The lowest BCUT2D eigenvalue weighted by molar-refractivity contribution is -0.158. The summed E-state index contributed by atoms with van der Waals surface area (Å²) in [6.07, 6.45) is -1.12. The number of carbonyl (C=O) groups is 2. The summed E-state index contributed by atoms with van der Waals surface area (Å²) < 4.78 is 5.43. The van der Waals surface area contributed by atoms with Crippen LogP contribution in [-0.4, -0.2) is 59.5 Å². The van der Waals surface area contributed by atoms with Crippen LogP contribution in [0.2, 0.25) is 0 Å². The molecular formula is C20H30N2O5. The van der Waals surface area contributed by atoms with Crippen molar-refractivity contribution in [2.75, 3.05) is 13.2 Å². The minimum Gasteiger partial charge on any atom is -0.394 e. The second kappa shape index (κ2) is 9.82. The van der Waals surface area contributed by atoms with Gasteiger partial charge in [-0.2, -0.15) is 0 Å². The van der Waals surface area contributed by atoms with Gasteiger partial charge in [0.25, 0.3) is 0 Å². The second-order valence-corrected chi connectivity index (χ2v) is 7.32. The van der Waals surface area contributed by atoms with Gasteiger partial charge < -0.3 is 25.6 Å². The fourth-order valence-electron chi connectivity index (χ4n) is 3.69. The molecule has 0 aliphatic carbocycles. The summed E-state index contributed by atoms with van der Waals surface area (Å²) in [4.78, 5) is 24.3. The summed E-state index contributed by atoms with van der Waals surface area (Å²) >= 11 is 0. The van der Waals surface area contributed by atoms with E-state index < -0.39 is 30.1 Å². The summed E-state index contributed by atoms with van der Waals surface area (Å²) in [5.74, 6) is -1.57. The highest BCUT2D eigenvalue weighted by molar-refractivity contribution is 5.79. The van der Waals surface area contributed by atoms with Crippen LogP contribution in [0, 0.1) is 11.8 Å². The highest BCUT2D eigenvalue weighted by atomic mass is 16.5. The second-order valence-electron chi connectivity index (χ2n) is 7.32. The molecule has 6 unspecified atom stereocenters. The van der Waals surface area contributed by atoms with Gasteiger partial charge in [0.2, 0.25) is 11.8 Å². The Balaban J connectivity index is 2.04. The fourth-order valence-corrected chi connectivity index (χ4v) is 3.69. The maximum absolute atomic E-state index is 12.8. The number of carbonyl (C=O) groups excluding carboxylic acids is 2. The zero-order valence-electron chi connectivity index (χ0n) is 16.1. The summed E-state index contributed by atoms with van der Waals surface area (Å²) in [5.41, 5.74) is 1.13. The lowest BCUT2D eigenvalue weighted by Crippen LogP contribution is -2.60. The lowest BCUT2D eigenvalue weighted by Gasteiger charge is -2.42. The Labute approximate surface area is 160 Å². The van der Waals surface area contributed by atoms with E-state index in [1.165, 1.54) is 6.92 Å². The van der Waals surface area contributed by atoms with E-state index in [1.54, 1.807) is 6.92 Å². The Morgan fingerprint density at radius 2 is 1.93 bits per heavy atom. The van der Waals surface area contributed by atoms with E-state index in [4.69, 9.17) is 4.74 Å². The van der Waals surface area contributed by atoms with Gasteiger partial charge in [0.1, 0.15) is 6.10 Å². The van der Waals surface area contributed by atoms with Crippen molar-refractivity contribution in [1.29, 1.82) is 0 Å². The van der Waals surface area contributed by atoms with Gasteiger partial charge in [0.15, 0.2) is 0 Å². The fraction of sp³-hybridized carbons (Fsp3) is 0.600. The first-order valence-electron chi connectivity index (χ1n) is 9.35. The quantitative estimate of drug-likeness (QED) is 0.544. The number of amides is 2. The molecule has 0 aromatic heterocycles. The number of hydrogen-bond acceptors (Lipinski definition) is 5. The molecule has 1 heterocycles. The molecule has 0 saturated carbocycles. The van der Waals surface area contributed by atoms with E-state index in [9.17, 15) is 19.8 Å². The van der Waals surface area contributed by atoms with Crippen LogP contribution in [0.5, 0.6) is 0 Å². The molecule has 1 aliphatic heterocycles. The maximum atomic E-state index is 12.8. The van der Waals surface area contributed by atoms with Crippen molar-refractivity contribution >= 4 is 11.8 Å². The van der Waals surface area contributed by atoms with Crippen molar-refractivity contribution in [2.24, 2.45) is 11.8 Å². The molecular weight excluding hydrogens is 348 g/mol. The van der Waals surface area contributed by atoms with Gasteiger partial charge in [-0.15, -0.1) is 0 Å².